The van der Waals surface area contributed by atoms with Crippen LogP contribution in [0.3, 0.4) is 0 Å². The highest BCUT2D eigenvalue weighted by Gasteiger charge is 2.24. The minimum absolute atomic E-state index is 0.481. The van der Waals surface area contributed by atoms with Gasteiger partial charge >= 0.3 is 0 Å². The third-order valence-corrected chi connectivity index (χ3v) is 5.44. The molecule has 0 amide bonds. The van der Waals surface area contributed by atoms with E-state index in [1.165, 1.54) is 11.1 Å². The van der Waals surface area contributed by atoms with Crippen molar-refractivity contribution in [3.63, 3.8) is 0 Å². The number of benzene rings is 2. The molecule has 4 rings (SSSR count). The smallest absolute Gasteiger partial charge is 0.138 e. The van der Waals surface area contributed by atoms with Gasteiger partial charge in [-0.25, -0.2) is 4.99 Å². The third kappa shape index (κ3) is 3.31. The van der Waals surface area contributed by atoms with E-state index in [1.807, 2.05) is 18.2 Å². The molecular weight excluding hydrogens is 344 g/mol. The monoisotopic (exact) mass is 368 g/mol. The predicted octanol–water partition coefficient (Wildman–Crippen LogP) is 4.85. The number of hydrogen-bond acceptors (Lipinski definition) is 4. The van der Waals surface area contributed by atoms with Crippen molar-refractivity contribution < 1.29 is 0 Å². The summed E-state index contributed by atoms with van der Waals surface area (Å²) in [5.74, 6) is 1.53. The SMILES string of the molecule is CC(C)c1ccc2c(c1)C(N1CCN(C)CC1)=Nc1cc(Cl)ccc1N2. The molecule has 0 aromatic heterocycles. The van der Waals surface area contributed by atoms with Crippen LogP contribution in [0.5, 0.6) is 0 Å². The van der Waals surface area contributed by atoms with Crippen LogP contribution >= 0.6 is 11.6 Å². The number of rotatable bonds is 1. The minimum Gasteiger partial charge on any atom is -0.353 e. The quantitative estimate of drug-likeness (QED) is 0.780. The Kier molecular flexibility index (Phi) is 4.63. The molecule has 0 atom stereocenters. The summed E-state index contributed by atoms with van der Waals surface area (Å²) >= 11 is 6.24. The average molecular weight is 369 g/mol. The van der Waals surface area contributed by atoms with Gasteiger partial charge in [-0.15, -0.1) is 0 Å². The molecule has 0 aliphatic carbocycles. The van der Waals surface area contributed by atoms with Crippen LogP contribution in [0.2, 0.25) is 5.02 Å². The van der Waals surface area contributed by atoms with Gasteiger partial charge in [0.15, 0.2) is 0 Å². The Labute approximate surface area is 160 Å². The minimum atomic E-state index is 0.481. The fourth-order valence-electron chi connectivity index (χ4n) is 3.50. The van der Waals surface area contributed by atoms with Gasteiger partial charge in [-0.3, -0.25) is 0 Å². The van der Waals surface area contributed by atoms with Crippen molar-refractivity contribution in [3.8, 4) is 0 Å². The second-order valence-electron chi connectivity index (χ2n) is 7.47. The molecule has 2 aromatic carbocycles. The van der Waals surface area contributed by atoms with E-state index in [-0.39, 0.29) is 0 Å². The largest absolute Gasteiger partial charge is 0.353 e. The fraction of sp³-hybridized carbons (Fsp3) is 0.381. The molecule has 1 saturated heterocycles. The maximum Gasteiger partial charge on any atom is 0.138 e. The molecule has 2 aliphatic rings. The first-order valence-electron chi connectivity index (χ1n) is 9.24. The lowest BCUT2D eigenvalue weighted by molar-refractivity contribution is 0.216. The highest BCUT2D eigenvalue weighted by Crippen LogP contribution is 2.37. The van der Waals surface area contributed by atoms with E-state index in [1.54, 1.807) is 0 Å². The first kappa shape index (κ1) is 17.4. The van der Waals surface area contributed by atoms with Gasteiger partial charge in [-0.1, -0.05) is 31.5 Å². The number of fused-ring (bicyclic) bond motifs is 2. The van der Waals surface area contributed by atoms with E-state index in [9.17, 15) is 0 Å². The summed E-state index contributed by atoms with van der Waals surface area (Å²) in [7, 11) is 2.17. The summed E-state index contributed by atoms with van der Waals surface area (Å²) < 4.78 is 0. The molecule has 0 bridgehead atoms. The predicted molar refractivity (Wildman–Crippen MR) is 111 cm³/mol. The Morgan fingerprint density at radius 3 is 2.46 bits per heavy atom. The lowest BCUT2D eigenvalue weighted by Gasteiger charge is -2.35. The molecular formula is C21H25ClN4. The molecule has 0 saturated carbocycles. The van der Waals surface area contributed by atoms with Gasteiger partial charge in [0.1, 0.15) is 5.84 Å². The Morgan fingerprint density at radius 2 is 1.73 bits per heavy atom. The van der Waals surface area contributed by atoms with Crippen molar-refractivity contribution in [2.45, 2.75) is 19.8 Å². The van der Waals surface area contributed by atoms with E-state index in [4.69, 9.17) is 16.6 Å². The molecule has 0 spiro atoms. The summed E-state index contributed by atoms with van der Waals surface area (Å²) in [4.78, 5) is 9.83. The summed E-state index contributed by atoms with van der Waals surface area (Å²) in [6, 6.07) is 12.5. The number of halogens is 1. The molecule has 26 heavy (non-hydrogen) atoms. The number of amidine groups is 1. The summed E-state index contributed by atoms with van der Waals surface area (Å²) in [6.45, 7) is 8.52. The maximum absolute atomic E-state index is 6.24. The van der Waals surface area contributed by atoms with E-state index in [0.717, 1.165) is 49.1 Å². The van der Waals surface area contributed by atoms with Crippen molar-refractivity contribution in [1.82, 2.24) is 9.80 Å². The second-order valence-corrected chi connectivity index (χ2v) is 7.91. The molecule has 4 nitrogen and oxygen atoms in total. The van der Waals surface area contributed by atoms with Gasteiger partial charge in [-0.2, -0.15) is 0 Å². The highest BCUT2D eigenvalue weighted by atomic mass is 35.5. The van der Waals surface area contributed by atoms with Gasteiger partial charge in [0.05, 0.1) is 11.4 Å². The first-order chi connectivity index (χ1) is 12.5. The van der Waals surface area contributed by atoms with Crippen LogP contribution in [0, 0.1) is 0 Å². The maximum atomic E-state index is 6.24. The van der Waals surface area contributed by atoms with Crippen LogP contribution in [-0.2, 0) is 0 Å². The standard InChI is InChI=1S/C21H25ClN4/c1-14(2)15-4-6-18-17(12-15)21(26-10-8-25(3)9-11-26)24-20-13-16(22)5-7-19(20)23-18/h4-7,12-14,23H,8-11H2,1-3H3. The molecule has 136 valence electrons. The Bertz CT molecular complexity index is 851. The number of aliphatic imine (C=N–C) groups is 1. The Morgan fingerprint density at radius 1 is 1.00 bits per heavy atom. The summed E-state index contributed by atoms with van der Waals surface area (Å²) in [5.41, 5.74) is 5.50. The van der Waals surface area contributed by atoms with Gasteiger partial charge < -0.3 is 15.1 Å². The van der Waals surface area contributed by atoms with E-state index < -0.39 is 0 Å². The number of anilines is 2. The molecule has 1 N–H and O–H groups in total. The Hall–Kier alpha value is -2.04. The van der Waals surface area contributed by atoms with Crippen LogP contribution in [-0.4, -0.2) is 48.9 Å². The number of likely N-dealkylation sites (N-methyl/N-ethyl adjacent to an activating group) is 1. The van der Waals surface area contributed by atoms with E-state index in [2.05, 4.69) is 54.2 Å². The van der Waals surface area contributed by atoms with Crippen molar-refractivity contribution >= 4 is 34.5 Å². The normalized spacial score (nSPS) is 17.3. The van der Waals surface area contributed by atoms with E-state index in [0.29, 0.717) is 10.9 Å². The van der Waals surface area contributed by atoms with Gasteiger partial charge in [0, 0.05) is 42.5 Å². The highest BCUT2D eigenvalue weighted by molar-refractivity contribution is 6.31. The van der Waals surface area contributed by atoms with Crippen LogP contribution in [0.25, 0.3) is 0 Å². The lowest BCUT2D eigenvalue weighted by Crippen LogP contribution is -2.47. The van der Waals surface area contributed by atoms with Crippen LogP contribution in [0.1, 0.15) is 30.9 Å². The zero-order chi connectivity index (χ0) is 18.3. The first-order valence-corrected chi connectivity index (χ1v) is 9.62. The van der Waals surface area contributed by atoms with Crippen molar-refractivity contribution in [2.75, 3.05) is 38.5 Å². The summed E-state index contributed by atoms with van der Waals surface area (Å²) in [6.07, 6.45) is 0. The molecule has 5 heteroatoms. The van der Waals surface area contributed by atoms with Crippen LogP contribution in [0.15, 0.2) is 41.4 Å². The van der Waals surface area contributed by atoms with Crippen molar-refractivity contribution in [2.24, 2.45) is 4.99 Å². The van der Waals surface area contributed by atoms with E-state index >= 15 is 0 Å². The van der Waals surface area contributed by atoms with Crippen molar-refractivity contribution in [3.05, 3.63) is 52.5 Å². The Balaban J connectivity index is 1.85. The molecule has 1 fully saturated rings. The topological polar surface area (TPSA) is 30.9 Å². The second kappa shape index (κ2) is 6.93. The van der Waals surface area contributed by atoms with Crippen LogP contribution in [0.4, 0.5) is 17.1 Å². The zero-order valence-electron chi connectivity index (χ0n) is 15.6. The van der Waals surface area contributed by atoms with Gasteiger partial charge in [0.25, 0.3) is 0 Å². The average Bonchev–Trinajstić information content (AvgIpc) is 2.78. The number of hydrogen-bond donors (Lipinski definition) is 1. The zero-order valence-corrected chi connectivity index (χ0v) is 16.3. The molecule has 2 aliphatic heterocycles. The van der Waals surface area contributed by atoms with Crippen LogP contribution < -0.4 is 5.32 Å². The van der Waals surface area contributed by atoms with Gasteiger partial charge in [0.2, 0.25) is 0 Å². The van der Waals surface area contributed by atoms with Gasteiger partial charge in [-0.05, 0) is 48.9 Å². The fourth-order valence-corrected chi connectivity index (χ4v) is 3.66. The third-order valence-electron chi connectivity index (χ3n) is 5.21. The molecule has 2 aromatic rings. The molecule has 0 unspecified atom stereocenters. The number of nitrogens with one attached hydrogen (secondary N) is 1. The molecule has 0 radical (unpaired) electrons. The van der Waals surface area contributed by atoms with Crippen molar-refractivity contribution in [1.29, 1.82) is 0 Å². The summed E-state index contributed by atoms with van der Waals surface area (Å²) in [5, 5.41) is 4.27. The number of nitrogens with zero attached hydrogens (tertiary/aromatic N) is 3. The number of piperazine rings is 1. The lowest BCUT2D eigenvalue weighted by atomic mass is 9.98. The molecule has 2 heterocycles.